The van der Waals surface area contributed by atoms with Crippen molar-refractivity contribution in [1.29, 1.82) is 0 Å². The van der Waals surface area contributed by atoms with Crippen LogP contribution >= 0.6 is 0 Å². The lowest BCUT2D eigenvalue weighted by Gasteiger charge is -2.42. The molecule has 1 aromatic carbocycles. The van der Waals surface area contributed by atoms with Crippen LogP contribution in [0.15, 0.2) is 30.7 Å². The molecule has 6 nitrogen and oxygen atoms in total. The molecule has 2 heterocycles. The Bertz CT molecular complexity index is 1030. The number of aromatic amines is 1. The summed E-state index contributed by atoms with van der Waals surface area (Å²) >= 11 is 0. The van der Waals surface area contributed by atoms with Crippen molar-refractivity contribution in [3.63, 3.8) is 0 Å². The monoisotopic (exact) mass is 462 g/mol. The number of benzene rings is 1. The molecule has 2 saturated carbocycles. The van der Waals surface area contributed by atoms with Crippen LogP contribution in [0.5, 0.6) is 5.75 Å². The first kappa shape index (κ1) is 23.0. The van der Waals surface area contributed by atoms with Gasteiger partial charge in [0, 0.05) is 24.8 Å². The highest BCUT2D eigenvalue weighted by atomic mass is 16.5. The van der Waals surface area contributed by atoms with Crippen LogP contribution in [-0.2, 0) is 13.1 Å². The van der Waals surface area contributed by atoms with Crippen LogP contribution in [0.1, 0.15) is 86.1 Å². The number of nitrogens with one attached hydrogen (secondary N) is 1. The van der Waals surface area contributed by atoms with Gasteiger partial charge in [-0.05, 0) is 67.7 Å². The van der Waals surface area contributed by atoms with Crippen molar-refractivity contribution in [2.45, 2.75) is 84.0 Å². The fourth-order valence-corrected chi connectivity index (χ4v) is 6.47. The molecule has 1 aromatic heterocycles. The first-order valence-corrected chi connectivity index (χ1v) is 13.0. The molecule has 34 heavy (non-hydrogen) atoms. The molecule has 2 aliphatic carbocycles. The number of carbonyl (C=O) groups is 1. The molecule has 182 valence electrons. The summed E-state index contributed by atoms with van der Waals surface area (Å²) in [5.41, 5.74) is 3.97. The minimum atomic E-state index is 0.154. The molecular formula is C28H38N4O2. The Hall–Kier alpha value is -2.76. The lowest BCUT2D eigenvalue weighted by atomic mass is 9.79. The van der Waals surface area contributed by atoms with E-state index in [9.17, 15) is 4.79 Å². The van der Waals surface area contributed by atoms with Crippen LogP contribution in [0.4, 0.5) is 0 Å². The van der Waals surface area contributed by atoms with Crippen molar-refractivity contribution in [1.82, 2.24) is 19.8 Å². The number of rotatable bonds is 6. The molecular weight excluding hydrogens is 424 g/mol. The topological polar surface area (TPSA) is 61.5 Å². The zero-order chi connectivity index (χ0) is 23.7. The normalized spacial score (nSPS) is 24.8. The number of hydrogen-bond acceptors (Lipinski definition) is 4. The highest BCUT2D eigenvalue weighted by Crippen LogP contribution is 2.37. The highest BCUT2D eigenvalue weighted by molar-refractivity contribution is 5.97. The molecule has 2 unspecified atom stereocenters. The third-order valence-corrected chi connectivity index (χ3v) is 7.94. The smallest absolute Gasteiger partial charge is 0.258 e. The summed E-state index contributed by atoms with van der Waals surface area (Å²) in [5.74, 6) is 2.18. The molecule has 0 bridgehead atoms. The van der Waals surface area contributed by atoms with Crippen molar-refractivity contribution in [2.24, 2.45) is 11.8 Å². The zero-order valence-corrected chi connectivity index (χ0v) is 20.8. The quantitative estimate of drug-likeness (QED) is 0.606. The van der Waals surface area contributed by atoms with Crippen molar-refractivity contribution in [2.75, 3.05) is 7.11 Å². The van der Waals surface area contributed by atoms with Crippen molar-refractivity contribution < 1.29 is 9.53 Å². The second-order valence-corrected chi connectivity index (χ2v) is 10.7. The van der Waals surface area contributed by atoms with Gasteiger partial charge in [0.15, 0.2) is 0 Å². The molecule has 2 atom stereocenters. The van der Waals surface area contributed by atoms with Gasteiger partial charge in [0.05, 0.1) is 36.9 Å². The van der Waals surface area contributed by atoms with E-state index in [0.717, 1.165) is 55.7 Å². The molecule has 6 heteroatoms. The maximum absolute atomic E-state index is 14.0. The van der Waals surface area contributed by atoms with Crippen molar-refractivity contribution in [3.05, 3.63) is 53.2 Å². The molecule has 1 aliphatic heterocycles. The average molecular weight is 463 g/mol. The third kappa shape index (κ3) is 4.73. The van der Waals surface area contributed by atoms with Gasteiger partial charge in [-0.3, -0.25) is 4.79 Å². The van der Waals surface area contributed by atoms with Gasteiger partial charge in [-0.2, -0.15) is 0 Å². The first-order valence-electron chi connectivity index (χ1n) is 13.0. The number of fused-ring (bicyclic) bond motifs is 1. The molecule has 1 amide bonds. The predicted octanol–water partition coefficient (Wildman–Crippen LogP) is 5.61. The van der Waals surface area contributed by atoms with Gasteiger partial charge >= 0.3 is 0 Å². The summed E-state index contributed by atoms with van der Waals surface area (Å²) in [6.45, 7) is 6.24. The Balaban J connectivity index is 1.37. The van der Waals surface area contributed by atoms with Crippen LogP contribution < -0.4 is 4.74 Å². The van der Waals surface area contributed by atoms with Crippen molar-refractivity contribution in [3.8, 4) is 5.75 Å². The van der Waals surface area contributed by atoms with Gasteiger partial charge in [0.2, 0.25) is 0 Å². The maximum Gasteiger partial charge on any atom is 0.258 e. The summed E-state index contributed by atoms with van der Waals surface area (Å²) in [6, 6.07) is 6.82. The Morgan fingerprint density at radius 1 is 1.15 bits per heavy atom. The fourth-order valence-electron chi connectivity index (χ4n) is 6.47. The second-order valence-electron chi connectivity index (χ2n) is 10.7. The summed E-state index contributed by atoms with van der Waals surface area (Å²) in [6.07, 6.45) is 14.1. The number of hydrogen-bond donors (Lipinski definition) is 1. The van der Waals surface area contributed by atoms with Gasteiger partial charge < -0.3 is 19.5 Å². The number of carbonyl (C=O) groups excluding carboxylic acids is 1. The highest BCUT2D eigenvalue weighted by Gasteiger charge is 2.37. The number of ether oxygens (including phenoxy) is 1. The Labute approximate surface area is 203 Å². The Morgan fingerprint density at radius 2 is 1.91 bits per heavy atom. The Morgan fingerprint density at radius 3 is 2.65 bits per heavy atom. The molecule has 0 radical (unpaired) electrons. The zero-order valence-electron chi connectivity index (χ0n) is 20.8. The standard InChI is InChI=1S/C28H38N4O2/c1-19-12-20(2)14-23(13-19)32(22-6-4-5-7-22)28(33)24-9-8-21(15-27(24)34-3)16-31-11-10-25-26(17-31)30-18-29-25/h8-11,15,18-20,22-23H,4-7,12-14,16-17H2,1-3H3,(H,29,30). The fraction of sp³-hybridized carbons (Fsp3) is 0.571. The van der Waals surface area contributed by atoms with Crippen molar-refractivity contribution >= 4 is 12.0 Å². The minimum Gasteiger partial charge on any atom is -0.496 e. The van der Waals surface area contributed by atoms with E-state index in [2.05, 4.69) is 45.9 Å². The van der Waals surface area contributed by atoms with E-state index in [1.54, 1.807) is 13.4 Å². The van der Waals surface area contributed by atoms with Gasteiger partial charge in [-0.25, -0.2) is 4.98 Å². The molecule has 5 rings (SSSR count). The van der Waals surface area contributed by atoms with Gasteiger partial charge in [-0.1, -0.05) is 32.8 Å². The number of imidazole rings is 1. The van der Waals surface area contributed by atoms with E-state index in [1.807, 2.05) is 18.2 Å². The largest absolute Gasteiger partial charge is 0.496 e. The number of H-pyrrole nitrogens is 1. The molecule has 2 aromatic rings. The van der Waals surface area contributed by atoms with E-state index in [0.29, 0.717) is 35.2 Å². The molecule has 0 spiro atoms. The summed E-state index contributed by atoms with van der Waals surface area (Å²) in [5, 5.41) is 0. The predicted molar refractivity (Wildman–Crippen MR) is 134 cm³/mol. The van der Waals surface area contributed by atoms with E-state index in [4.69, 9.17) is 4.74 Å². The third-order valence-electron chi connectivity index (χ3n) is 7.94. The van der Waals surface area contributed by atoms with E-state index < -0.39 is 0 Å². The van der Waals surface area contributed by atoms with E-state index in [1.165, 1.54) is 19.3 Å². The number of methoxy groups -OCH3 is 1. The minimum absolute atomic E-state index is 0.154. The van der Waals surface area contributed by atoms with Crippen LogP contribution in [0, 0.1) is 11.8 Å². The summed E-state index contributed by atoms with van der Waals surface area (Å²) in [4.78, 5) is 26.1. The van der Waals surface area contributed by atoms with E-state index in [-0.39, 0.29) is 5.91 Å². The lowest BCUT2D eigenvalue weighted by Crippen LogP contribution is -2.49. The van der Waals surface area contributed by atoms with Crippen LogP contribution in [0.2, 0.25) is 0 Å². The van der Waals surface area contributed by atoms with Crippen LogP contribution in [0.3, 0.4) is 0 Å². The summed E-state index contributed by atoms with van der Waals surface area (Å²) in [7, 11) is 1.68. The van der Waals surface area contributed by atoms with Gasteiger partial charge in [-0.15, -0.1) is 0 Å². The second kappa shape index (κ2) is 9.85. The number of amides is 1. The number of aromatic nitrogens is 2. The van der Waals surface area contributed by atoms with Crippen LogP contribution in [-0.4, -0.2) is 44.9 Å². The molecule has 2 fully saturated rings. The molecule has 3 aliphatic rings. The van der Waals surface area contributed by atoms with E-state index >= 15 is 0 Å². The number of nitrogens with zero attached hydrogens (tertiary/aromatic N) is 3. The lowest BCUT2D eigenvalue weighted by molar-refractivity contribution is 0.0426. The van der Waals surface area contributed by atoms with Crippen LogP contribution in [0.25, 0.3) is 6.08 Å². The van der Waals surface area contributed by atoms with Gasteiger partial charge in [0.1, 0.15) is 5.75 Å². The molecule has 1 N–H and O–H groups in total. The SMILES string of the molecule is COc1cc(CN2C=Cc3nc[nH]c3C2)ccc1C(=O)N(C1CCCC1)C1CC(C)CC(C)C1. The average Bonchev–Trinajstić information content (AvgIpc) is 3.50. The molecule has 0 saturated heterocycles. The summed E-state index contributed by atoms with van der Waals surface area (Å²) < 4.78 is 5.78. The Kier molecular flexibility index (Phi) is 6.66. The maximum atomic E-state index is 14.0. The van der Waals surface area contributed by atoms with Gasteiger partial charge in [0.25, 0.3) is 5.91 Å². The first-order chi connectivity index (χ1) is 16.5.